The first-order valence-corrected chi connectivity index (χ1v) is 14.9. The third kappa shape index (κ3) is 5.82. The molecule has 43 heavy (non-hydrogen) atoms. The highest BCUT2D eigenvalue weighted by molar-refractivity contribution is 6.02. The van der Waals surface area contributed by atoms with E-state index in [0.717, 1.165) is 56.9 Å². The van der Waals surface area contributed by atoms with E-state index in [0.29, 0.717) is 31.8 Å². The molecule has 6 heteroatoms. The van der Waals surface area contributed by atoms with E-state index in [1.54, 1.807) is 0 Å². The van der Waals surface area contributed by atoms with Gasteiger partial charge in [0.25, 0.3) is 0 Å². The van der Waals surface area contributed by atoms with Crippen molar-refractivity contribution in [3.63, 3.8) is 0 Å². The molecule has 1 N–H and O–H groups in total. The average Bonchev–Trinajstić information content (AvgIpc) is 3.38. The molecule has 0 unspecified atom stereocenters. The van der Waals surface area contributed by atoms with Crippen LogP contribution in [0.25, 0.3) is 33.4 Å². The fourth-order valence-corrected chi connectivity index (χ4v) is 5.66. The molecule has 6 rings (SSSR count). The van der Waals surface area contributed by atoms with Crippen molar-refractivity contribution in [2.75, 3.05) is 13.2 Å². The lowest BCUT2D eigenvalue weighted by molar-refractivity contribution is 0.287. The molecule has 0 spiro atoms. The maximum absolute atomic E-state index is 9.51. The van der Waals surface area contributed by atoms with Gasteiger partial charge < -0.3 is 18.6 Å². The van der Waals surface area contributed by atoms with Crippen molar-refractivity contribution in [1.82, 2.24) is 14.1 Å². The largest absolute Gasteiger partial charge is 0.490 e. The SMILES string of the molecule is CCOc1ccc(CCn2cnc3c(c(-c4ccccc4)c(-c4ccccc4)n3Cc3ccccc3)c2=N)cc1OCC. The van der Waals surface area contributed by atoms with Crippen LogP contribution in [0.2, 0.25) is 0 Å². The highest BCUT2D eigenvalue weighted by Gasteiger charge is 2.23. The van der Waals surface area contributed by atoms with Crippen molar-refractivity contribution in [2.24, 2.45) is 0 Å². The third-order valence-electron chi connectivity index (χ3n) is 7.62. The Bertz CT molecular complexity index is 1880. The predicted octanol–water partition coefficient (Wildman–Crippen LogP) is 7.74. The molecular weight excluding hydrogens is 532 g/mol. The van der Waals surface area contributed by atoms with Crippen LogP contribution in [0.4, 0.5) is 0 Å². The second-order valence-corrected chi connectivity index (χ2v) is 10.4. The van der Waals surface area contributed by atoms with Gasteiger partial charge in [0.2, 0.25) is 0 Å². The first-order chi connectivity index (χ1) is 21.2. The van der Waals surface area contributed by atoms with E-state index in [-0.39, 0.29) is 0 Å². The zero-order chi connectivity index (χ0) is 29.6. The van der Waals surface area contributed by atoms with Gasteiger partial charge in [0.1, 0.15) is 11.1 Å². The Hall–Kier alpha value is -5.10. The summed E-state index contributed by atoms with van der Waals surface area (Å²) < 4.78 is 15.8. The van der Waals surface area contributed by atoms with Crippen LogP contribution < -0.4 is 15.0 Å². The van der Waals surface area contributed by atoms with E-state index in [1.807, 2.05) is 55.1 Å². The molecule has 0 saturated heterocycles. The zero-order valence-corrected chi connectivity index (χ0v) is 24.7. The van der Waals surface area contributed by atoms with Crippen LogP contribution >= 0.6 is 0 Å². The maximum atomic E-state index is 9.51. The van der Waals surface area contributed by atoms with Gasteiger partial charge in [0.15, 0.2) is 11.5 Å². The minimum atomic E-state index is 0.448. The van der Waals surface area contributed by atoms with E-state index < -0.39 is 0 Å². The van der Waals surface area contributed by atoms with E-state index in [4.69, 9.17) is 14.5 Å². The van der Waals surface area contributed by atoms with E-state index in [2.05, 4.69) is 83.4 Å². The molecule has 0 bridgehead atoms. The number of ether oxygens (including phenoxy) is 2. The number of hydrogen-bond acceptors (Lipinski definition) is 4. The van der Waals surface area contributed by atoms with Crippen LogP contribution in [0.15, 0.2) is 116 Å². The number of rotatable bonds is 11. The molecular formula is C37H36N4O2. The summed E-state index contributed by atoms with van der Waals surface area (Å²) in [7, 11) is 0. The lowest BCUT2D eigenvalue weighted by Gasteiger charge is -2.13. The van der Waals surface area contributed by atoms with Gasteiger partial charge in [-0.25, -0.2) is 4.98 Å². The van der Waals surface area contributed by atoms with Crippen LogP contribution in [-0.4, -0.2) is 27.3 Å². The van der Waals surface area contributed by atoms with Gasteiger partial charge >= 0.3 is 0 Å². The Kier molecular flexibility index (Phi) is 8.36. The minimum absolute atomic E-state index is 0.448. The second kappa shape index (κ2) is 12.8. The molecule has 4 aromatic carbocycles. The number of aromatic nitrogens is 3. The Morgan fingerprint density at radius 2 is 1.33 bits per heavy atom. The summed E-state index contributed by atoms with van der Waals surface area (Å²) in [6, 6.07) is 37.4. The summed E-state index contributed by atoms with van der Waals surface area (Å²) >= 11 is 0. The van der Waals surface area contributed by atoms with Crippen molar-refractivity contribution in [3.05, 3.63) is 132 Å². The van der Waals surface area contributed by atoms with Crippen molar-refractivity contribution in [3.8, 4) is 33.9 Å². The Labute approximate surface area is 252 Å². The number of nitrogens with zero attached hydrogens (tertiary/aromatic N) is 3. The van der Waals surface area contributed by atoms with Gasteiger partial charge in [-0.15, -0.1) is 0 Å². The Morgan fingerprint density at radius 1 is 0.698 bits per heavy atom. The third-order valence-corrected chi connectivity index (χ3v) is 7.62. The molecule has 0 aliphatic heterocycles. The van der Waals surface area contributed by atoms with Crippen LogP contribution in [0.1, 0.15) is 25.0 Å². The number of fused-ring (bicyclic) bond motifs is 1. The summed E-state index contributed by atoms with van der Waals surface area (Å²) in [4.78, 5) is 5.03. The standard InChI is InChI=1S/C37H36N4O2/c1-3-42-31-21-20-27(24-32(31)43-4-2)22-23-40-26-39-37-34(36(40)38)33(29-16-10-6-11-17-29)35(30-18-12-7-13-19-30)41(37)25-28-14-8-5-9-15-28/h5-21,24,26,38H,3-4,22-23,25H2,1-2H3. The van der Waals surface area contributed by atoms with E-state index >= 15 is 0 Å². The molecule has 6 aromatic rings. The van der Waals surface area contributed by atoms with Gasteiger partial charge in [0.05, 0.1) is 30.6 Å². The number of hydrogen-bond donors (Lipinski definition) is 1. The Morgan fingerprint density at radius 3 is 2.00 bits per heavy atom. The molecule has 6 nitrogen and oxygen atoms in total. The van der Waals surface area contributed by atoms with E-state index in [9.17, 15) is 5.41 Å². The summed E-state index contributed by atoms with van der Waals surface area (Å²) in [6.07, 6.45) is 2.54. The van der Waals surface area contributed by atoms with Crippen LogP contribution in [-0.2, 0) is 19.5 Å². The summed E-state index contributed by atoms with van der Waals surface area (Å²) in [5, 5.41) is 10.4. The number of nitrogens with one attached hydrogen (secondary N) is 1. The van der Waals surface area contributed by atoms with Crippen molar-refractivity contribution < 1.29 is 9.47 Å². The van der Waals surface area contributed by atoms with Crippen LogP contribution in [0.5, 0.6) is 11.5 Å². The maximum Gasteiger partial charge on any atom is 0.161 e. The fraction of sp³-hybridized carbons (Fsp3) is 0.189. The van der Waals surface area contributed by atoms with Crippen molar-refractivity contribution in [2.45, 2.75) is 33.4 Å². The van der Waals surface area contributed by atoms with Crippen LogP contribution in [0.3, 0.4) is 0 Å². The molecule has 0 saturated carbocycles. The molecule has 0 radical (unpaired) electrons. The molecule has 0 fully saturated rings. The molecule has 0 atom stereocenters. The normalized spacial score (nSPS) is 11.1. The fourth-order valence-electron chi connectivity index (χ4n) is 5.66. The second-order valence-electron chi connectivity index (χ2n) is 10.4. The van der Waals surface area contributed by atoms with Gasteiger partial charge in [0, 0.05) is 18.7 Å². The first kappa shape index (κ1) is 28.0. The summed E-state index contributed by atoms with van der Waals surface area (Å²) in [5.74, 6) is 1.51. The van der Waals surface area contributed by atoms with Gasteiger partial charge in [-0.2, -0.15) is 0 Å². The lowest BCUT2D eigenvalue weighted by Crippen LogP contribution is -2.22. The summed E-state index contributed by atoms with van der Waals surface area (Å²) in [5.41, 5.74) is 7.82. The van der Waals surface area contributed by atoms with Gasteiger partial charge in [-0.1, -0.05) is 97.1 Å². The lowest BCUT2D eigenvalue weighted by atomic mass is 9.99. The highest BCUT2D eigenvalue weighted by Crippen LogP contribution is 2.39. The number of benzene rings is 4. The first-order valence-electron chi connectivity index (χ1n) is 14.9. The molecule has 0 aliphatic carbocycles. The quantitative estimate of drug-likeness (QED) is 0.174. The van der Waals surface area contributed by atoms with Gasteiger partial charge in [-0.3, -0.25) is 5.41 Å². The molecule has 0 aliphatic rings. The highest BCUT2D eigenvalue weighted by atomic mass is 16.5. The smallest absolute Gasteiger partial charge is 0.161 e. The summed E-state index contributed by atoms with van der Waals surface area (Å²) in [6.45, 7) is 6.36. The average molecular weight is 569 g/mol. The van der Waals surface area contributed by atoms with Crippen molar-refractivity contribution in [1.29, 1.82) is 5.41 Å². The van der Waals surface area contributed by atoms with E-state index in [1.165, 1.54) is 5.56 Å². The zero-order valence-electron chi connectivity index (χ0n) is 24.7. The monoisotopic (exact) mass is 568 g/mol. The van der Waals surface area contributed by atoms with Gasteiger partial charge in [-0.05, 0) is 54.7 Å². The molecule has 216 valence electrons. The molecule has 2 aromatic heterocycles. The topological polar surface area (TPSA) is 65.1 Å². The number of aryl methyl sites for hydroxylation is 2. The van der Waals surface area contributed by atoms with Crippen LogP contribution in [0, 0.1) is 5.41 Å². The minimum Gasteiger partial charge on any atom is -0.490 e. The molecule has 0 amide bonds. The van der Waals surface area contributed by atoms with Crippen molar-refractivity contribution >= 4 is 11.0 Å². The Balaban J connectivity index is 1.49. The molecule has 2 heterocycles. The predicted molar refractivity (Wildman–Crippen MR) is 172 cm³/mol.